The predicted molar refractivity (Wildman–Crippen MR) is 32.9 cm³/mol. The largest absolute Gasteiger partial charge is 0.465 e. The lowest BCUT2D eigenvalue weighted by Gasteiger charge is -2.23. The van der Waals surface area contributed by atoms with Crippen molar-refractivity contribution in [3.8, 4) is 0 Å². The van der Waals surface area contributed by atoms with Crippen LogP contribution in [0.5, 0.6) is 0 Å². The Morgan fingerprint density at radius 2 is 2.50 bits per heavy atom. The number of carbonyl (C=O) groups is 1. The first-order valence-electron chi connectivity index (χ1n) is 3.40. The normalized spacial score (nSPS) is 37.0. The van der Waals surface area contributed by atoms with Gasteiger partial charge in [-0.25, -0.2) is 4.79 Å². The molecule has 1 amide bonds. The summed E-state index contributed by atoms with van der Waals surface area (Å²) in [6.07, 6.45) is 0.299. The lowest BCUT2D eigenvalue weighted by atomic mass is 10.4. The molecule has 1 aliphatic carbocycles. The Labute approximate surface area is 58.4 Å². The molecule has 2 atom stereocenters. The summed E-state index contributed by atoms with van der Waals surface area (Å²) < 4.78 is 5.23. The molecule has 1 aliphatic heterocycles. The van der Waals surface area contributed by atoms with E-state index in [9.17, 15) is 4.79 Å². The molecule has 1 saturated heterocycles. The molecule has 2 rings (SSSR count). The average Bonchev–Trinajstić information content (AvgIpc) is 2.63. The monoisotopic (exact) mass is 143 g/mol. The number of rotatable bonds is 0. The number of nitrogens with zero attached hydrogens (tertiary/aromatic N) is 1. The van der Waals surface area contributed by atoms with Gasteiger partial charge in [0, 0.05) is 6.54 Å². The zero-order valence-electron chi connectivity index (χ0n) is 5.49. The Hall–Kier alpha value is -0.770. The summed E-state index contributed by atoms with van der Waals surface area (Å²) in [6, 6.07) is 0.172. The highest BCUT2D eigenvalue weighted by Crippen LogP contribution is 2.34. The summed E-state index contributed by atoms with van der Waals surface area (Å²) in [5.41, 5.74) is 0. The van der Waals surface area contributed by atoms with Crippen molar-refractivity contribution >= 4 is 6.09 Å². The second-order valence-corrected chi connectivity index (χ2v) is 2.69. The van der Waals surface area contributed by atoms with E-state index in [1.54, 1.807) is 0 Å². The summed E-state index contributed by atoms with van der Waals surface area (Å²) in [7, 11) is 0. The van der Waals surface area contributed by atoms with Crippen LogP contribution in [0.1, 0.15) is 6.42 Å². The van der Waals surface area contributed by atoms with Gasteiger partial charge in [-0.3, -0.25) is 0 Å². The first-order chi connectivity index (χ1) is 4.79. The molecule has 0 bridgehead atoms. The number of morpholine rings is 1. The van der Waals surface area contributed by atoms with Crippen molar-refractivity contribution in [2.75, 3.05) is 13.2 Å². The van der Waals surface area contributed by atoms with Crippen molar-refractivity contribution in [2.45, 2.75) is 18.6 Å². The number of fused-ring (bicyclic) bond motifs is 1. The standard InChI is InChI=1S/C6H9NO3/c8-6(9)7-1-2-10-5-3-4(5)7/h4-5H,1-3H2,(H,8,9)/t4-,5+/m0/s1. The van der Waals surface area contributed by atoms with E-state index in [0.29, 0.717) is 13.2 Å². The highest BCUT2D eigenvalue weighted by atomic mass is 16.5. The number of amides is 1. The van der Waals surface area contributed by atoms with Crippen LogP contribution in [0.2, 0.25) is 0 Å². The summed E-state index contributed by atoms with van der Waals surface area (Å²) in [6.45, 7) is 1.10. The molecule has 2 aliphatic rings. The van der Waals surface area contributed by atoms with Crippen molar-refractivity contribution in [1.82, 2.24) is 4.90 Å². The number of hydrogen-bond acceptors (Lipinski definition) is 2. The maximum Gasteiger partial charge on any atom is 0.407 e. The highest BCUT2D eigenvalue weighted by molar-refractivity contribution is 5.66. The predicted octanol–water partition coefficient (Wildman–Crippen LogP) is 0.138. The molecule has 0 aromatic heterocycles. The Balaban J connectivity index is 2.02. The van der Waals surface area contributed by atoms with Gasteiger partial charge in [-0.15, -0.1) is 0 Å². The molecule has 4 nitrogen and oxygen atoms in total. The third kappa shape index (κ3) is 0.759. The molecular weight excluding hydrogens is 134 g/mol. The van der Waals surface area contributed by atoms with Gasteiger partial charge in [0.05, 0.1) is 18.8 Å². The molecular formula is C6H9NO3. The van der Waals surface area contributed by atoms with E-state index in [1.807, 2.05) is 0 Å². The van der Waals surface area contributed by atoms with E-state index in [0.717, 1.165) is 6.42 Å². The van der Waals surface area contributed by atoms with Crippen LogP contribution in [-0.2, 0) is 4.74 Å². The maximum atomic E-state index is 10.5. The molecule has 10 heavy (non-hydrogen) atoms. The van der Waals surface area contributed by atoms with Crippen LogP contribution in [0.15, 0.2) is 0 Å². The summed E-state index contributed by atoms with van der Waals surface area (Å²) in [5, 5.41) is 8.61. The topological polar surface area (TPSA) is 49.8 Å². The third-order valence-electron chi connectivity index (χ3n) is 2.01. The van der Waals surface area contributed by atoms with Gasteiger partial charge in [-0.1, -0.05) is 0 Å². The van der Waals surface area contributed by atoms with Crippen LogP contribution in [0.3, 0.4) is 0 Å². The molecule has 0 spiro atoms. The van der Waals surface area contributed by atoms with Gasteiger partial charge < -0.3 is 14.7 Å². The fraction of sp³-hybridized carbons (Fsp3) is 0.833. The van der Waals surface area contributed by atoms with E-state index in [4.69, 9.17) is 9.84 Å². The second-order valence-electron chi connectivity index (χ2n) is 2.69. The first-order valence-corrected chi connectivity index (χ1v) is 3.40. The fourth-order valence-electron chi connectivity index (χ4n) is 1.37. The number of carboxylic acid groups (broad SMARTS) is 1. The van der Waals surface area contributed by atoms with Gasteiger partial charge in [0.25, 0.3) is 0 Å². The quantitative estimate of drug-likeness (QED) is 0.524. The van der Waals surface area contributed by atoms with Crippen LogP contribution in [0.25, 0.3) is 0 Å². The molecule has 0 aromatic rings. The Bertz CT molecular complexity index is 170. The summed E-state index contributed by atoms with van der Waals surface area (Å²) >= 11 is 0. The van der Waals surface area contributed by atoms with E-state index >= 15 is 0 Å². The zero-order valence-corrected chi connectivity index (χ0v) is 5.49. The average molecular weight is 143 g/mol. The first kappa shape index (κ1) is 5.97. The van der Waals surface area contributed by atoms with Crippen molar-refractivity contribution in [2.24, 2.45) is 0 Å². The zero-order chi connectivity index (χ0) is 7.14. The Morgan fingerprint density at radius 1 is 1.70 bits per heavy atom. The van der Waals surface area contributed by atoms with E-state index < -0.39 is 6.09 Å². The van der Waals surface area contributed by atoms with Crippen LogP contribution in [-0.4, -0.2) is 41.4 Å². The minimum Gasteiger partial charge on any atom is -0.465 e. The van der Waals surface area contributed by atoms with Crippen LogP contribution in [0, 0.1) is 0 Å². The Morgan fingerprint density at radius 3 is 3.10 bits per heavy atom. The van der Waals surface area contributed by atoms with Crippen molar-refractivity contribution < 1.29 is 14.6 Å². The van der Waals surface area contributed by atoms with Gasteiger partial charge in [0.1, 0.15) is 0 Å². The highest BCUT2D eigenvalue weighted by Gasteiger charge is 2.47. The van der Waals surface area contributed by atoms with Crippen LogP contribution >= 0.6 is 0 Å². The minimum absolute atomic E-state index is 0.172. The van der Waals surface area contributed by atoms with Crippen molar-refractivity contribution in [1.29, 1.82) is 0 Å². The molecule has 1 saturated carbocycles. The van der Waals surface area contributed by atoms with Gasteiger partial charge in [0.15, 0.2) is 0 Å². The lowest BCUT2D eigenvalue weighted by Crippen LogP contribution is -2.40. The smallest absolute Gasteiger partial charge is 0.407 e. The van der Waals surface area contributed by atoms with Crippen molar-refractivity contribution in [3.05, 3.63) is 0 Å². The second kappa shape index (κ2) is 1.85. The van der Waals surface area contributed by atoms with E-state index in [1.165, 1.54) is 4.90 Å². The maximum absolute atomic E-state index is 10.5. The third-order valence-corrected chi connectivity index (χ3v) is 2.01. The molecule has 1 N–H and O–H groups in total. The van der Waals surface area contributed by atoms with Gasteiger partial charge in [0.2, 0.25) is 0 Å². The lowest BCUT2D eigenvalue weighted by molar-refractivity contribution is 0.0332. The number of hydrogen-bond donors (Lipinski definition) is 1. The van der Waals surface area contributed by atoms with Gasteiger partial charge >= 0.3 is 6.09 Å². The fourth-order valence-corrected chi connectivity index (χ4v) is 1.37. The van der Waals surface area contributed by atoms with Crippen molar-refractivity contribution in [3.63, 3.8) is 0 Å². The van der Waals surface area contributed by atoms with Crippen LogP contribution in [0.4, 0.5) is 4.79 Å². The summed E-state index contributed by atoms with van der Waals surface area (Å²) in [4.78, 5) is 11.9. The van der Waals surface area contributed by atoms with Gasteiger partial charge in [-0.2, -0.15) is 0 Å². The minimum atomic E-state index is -0.809. The van der Waals surface area contributed by atoms with E-state index in [-0.39, 0.29) is 12.1 Å². The molecule has 0 radical (unpaired) electrons. The Kier molecular flexibility index (Phi) is 1.11. The number of ether oxygens (including phenoxy) is 1. The molecule has 4 heteroatoms. The molecule has 1 heterocycles. The van der Waals surface area contributed by atoms with Gasteiger partial charge in [-0.05, 0) is 6.42 Å². The molecule has 0 aromatic carbocycles. The van der Waals surface area contributed by atoms with Crippen LogP contribution < -0.4 is 0 Å². The summed E-state index contributed by atoms with van der Waals surface area (Å²) in [5.74, 6) is 0. The van der Waals surface area contributed by atoms with E-state index in [2.05, 4.69) is 0 Å². The molecule has 56 valence electrons. The molecule has 2 fully saturated rings. The molecule has 0 unspecified atom stereocenters. The SMILES string of the molecule is O=C(O)N1CCO[C@@H]2C[C@@H]21.